The van der Waals surface area contributed by atoms with Gasteiger partial charge < -0.3 is 41.1 Å². The fraction of sp³-hybridized carbons (Fsp3) is 0.360. The third kappa shape index (κ3) is 3.92. The van der Waals surface area contributed by atoms with Crippen LogP contribution in [0.5, 0.6) is 5.75 Å². The Bertz CT molecular complexity index is 1330. The number of phenolic OH excluding ortho intramolecular Hbond substituents is 1. The number of benzene rings is 1. The summed E-state index contributed by atoms with van der Waals surface area (Å²) in [7, 11) is 3.52. The summed E-state index contributed by atoms with van der Waals surface area (Å²) in [5.41, 5.74) is 2.74. The molecule has 0 aliphatic heterocycles. The molecule has 1 aromatic rings. The molecule has 3 atom stereocenters. The van der Waals surface area contributed by atoms with Gasteiger partial charge >= 0.3 is 0 Å². The minimum absolute atomic E-state index is 0.0487. The van der Waals surface area contributed by atoms with E-state index in [1.807, 2.05) is 0 Å². The molecule has 7 N–H and O–H groups in total. The van der Waals surface area contributed by atoms with Gasteiger partial charge in [0, 0.05) is 37.7 Å². The second-order valence-corrected chi connectivity index (χ2v) is 9.83. The summed E-state index contributed by atoms with van der Waals surface area (Å²) in [6.45, 7) is 3.66. The summed E-state index contributed by atoms with van der Waals surface area (Å²) in [5.74, 6) is -6.87. The van der Waals surface area contributed by atoms with Gasteiger partial charge in [0.25, 0.3) is 11.1 Å². The molecule has 4 rings (SSSR count). The van der Waals surface area contributed by atoms with Crippen LogP contribution in [0.25, 0.3) is 5.76 Å². The molecule has 0 spiro atoms. The normalized spacial score (nSPS) is 24.6. The minimum atomic E-state index is -2.62. The highest BCUT2D eigenvalue weighted by Gasteiger charge is 2.60. The number of aromatic hydroxyl groups is 1. The largest absolute Gasteiger partial charge is 0.508 e. The fourth-order valence-electron chi connectivity index (χ4n) is 5.44. The van der Waals surface area contributed by atoms with Crippen LogP contribution in [0.1, 0.15) is 24.0 Å². The molecule has 196 valence electrons. The van der Waals surface area contributed by atoms with Crippen molar-refractivity contribution in [3.63, 3.8) is 0 Å². The average Bonchev–Trinajstić information content (AvgIpc) is 2.81. The highest BCUT2D eigenvalue weighted by Crippen LogP contribution is 2.54. The Kier molecular flexibility index (Phi) is 6.51. The van der Waals surface area contributed by atoms with Crippen molar-refractivity contribution in [2.24, 2.45) is 17.6 Å². The molecule has 0 unspecified atom stereocenters. The van der Waals surface area contributed by atoms with E-state index in [9.17, 15) is 34.8 Å². The first-order valence-corrected chi connectivity index (χ1v) is 11.8. The van der Waals surface area contributed by atoms with Crippen molar-refractivity contribution >= 4 is 52.0 Å². The highest BCUT2D eigenvalue weighted by molar-refractivity contribution is 7.80. The number of carbonyl (C=O) groups is 3. The molecule has 0 radical (unpaired) electrons. The van der Waals surface area contributed by atoms with E-state index in [1.54, 1.807) is 25.1 Å². The van der Waals surface area contributed by atoms with Gasteiger partial charge in [-0.05, 0) is 42.6 Å². The van der Waals surface area contributed by atoms with Crippen LogP contribution in [-0.2, 0) is 25.5 Å². The predicted octanol–water partition coefficient (Wildman–Crippen LogP) is 1.39. The topological polar surface area (TPSA) is 183 Å². The molecule has 11 nitrogen and oxygen atoms in total. The average molecular weight is 530 g/mol. The van der Waals surface area contributed by atoms with Gasteiger partial charge in [0.05, 0.1) is 11.3 Å². The lowest BCUT2D eigenvalue weighted by Crippen LogP contribution is -2.58. The number of aliphatic hydroxyl groups is 3. The lowest BCUT2D eigenvalue weighted by molar-refractivity contribution is -0.147. The number of fused-ring (bicyclic) bond motifs is 3. The summed E-state index contributed by atoms with van der Waals surface area (Å²) in [5, 5.41) is 47.2. The number of aliphatic hydroxyl groups excluding tert-OH is 2. The number of phenols is 1. The summed E-state index contributed by atoms with van der Waals surface area (Å²) in [6.07, 6.45) is 1.35. The second-order valence-electron chi connectivity index (χ2n) is 9.46. The van der Waals surface area contributed by atoms with Crippen LogP contribution in [0.4, 0.5) is 11.4 Å². The molecule has 1 aromatic carbocycles. The van der Waals surface area contributed by atoms with Gasteiger partial charge in [0.1, 0.15) is 23.7 Å². The number of carbonyl (C=O) groups excluding carboxylic acids is 3. The van der Waals surface area contributed by atoms with E-state index in [0.29, 0.717) is 11.3 Å². The Morgan fingerprint density at radius 3 is 2.59 bits per heavy atom. The molecule has 3 aliphatic rings. The number of amides is 1. The molecule has 3 aliphatic carbocycles. The monoisotopic (exact) mass is 529 g/mol. The maximum Gasteiger partial charge on any atom is 0.261 e. The number of Topliss-reactive ketones (excluding diaryl/α,β-unsaturated/α-hetero) is 2. The molecule has 1 saturated carbocycles. The Labute approximate surface area is 217 Å². The smallest absolute Gasteiger partial charge is 0.261 e. The number of anilines is 2. The van der Waals surface area contributed by atoms with Gasteiger partial charge in [-0.2, -0.15) is 0 Å². The van der Waals surface area contributed by atoms with E-state index in [4.69, 9.17) is 22.7 Å². The second kappa shape index (κ2) is 9.20. The Morgan fingerprint density at radius 1 is 1.32 bits per heavy atom. The number of rotatable bonds is 5. The fourth-order valence-corrected chi connectivity index (χ4v) is 5.62. The minimum Gasteiger partial charge on any atom is -0.508 e. The number of hydrogen-bond donors (Lipinski definition) is 6. The number of nitrogens with zero attached hydrogens (tertiary/aromatic N) is 1. The molecule has 1 amide bonds. The maximum atomic E-state index is 13.6. The third-order valence-corrected chi connectivity index (χ3v) is 7.31. The molecule has 0 aromatic heterocycles. The van der Waals surface area contributed by atoms with E-state index in [0.717, 1.165) is 0 Å². The van der Waals surface area contributed by atoms with Crippen LogP contribution < -0.4 is 16.0 Å². The predicted molar refractivity (Wildman–Crippen MR) is 138 cm³/mol. The molecular formula is C25H27N3O8S. The Balaban J connectivity index is 1.89. The van der Waals surface area contributed by atoms with Crippen LogP contribution in [0.2, 0.25) is 0 Å². The molecule has 0 bridgehead atoms. The zero-order valence-electron chi connectivity index (χ0n) is 20.2. The summed E-state index contributed by atoms with van der Waals surface area (Å²) in [6, 6.07) is 1.62. The van der Waals surface area contributed by atoms with E-state index in [1.165, 1.54) is 6.08 Å². The van der Waals surface area contributed by atoms with Crippen LogP contribution in [0.3, 0.4) is 0 Å². The zero-order chi connectivity index (χ0) is 27.4. The zero-order valence-corrected chi connectivity index (χ0v) is 21.0. The van der Waals surface area contributed by atoms with Crippen LogP contribution >= 0.6 is 12.2 Å². The molecule has 0 saturated heterocycles. The lowest BCUT2D eigenvalue weighted by Gasteiger charge is -2.46. The molecule has 37 heavy (non-hydrogen) atoms. The van der Waals surface area contributed by atoms with E-state index in [-0.39, 0.29) is 47.9 Å². The molecule has 1 fully saturated rings. The SMILES string of the molecule is C=CCOC(=S)Nc1cc(N(C)C)c2c(c1O)C(O)=C1C(=O)[C@]3(O)C(O)=C(C(N)=O)C(=O)C[C@@H]3C[C@@H]1C2. The number of nitrogens with two attached hydrogens (primary N) is 1. The van der Waals surface area contributed by atoms with Crippen molar-refractivity contribution in [1.82, 2.24) is 0 Å². The molecule has 0 heterocycles. The van der Waals surface area contributed by atoms with Crippen molar-refractivity contribution in [3.05, 3.63) is 46.8 Å². The van der Waals surface area contributed by atoms with Crippen molar-refractivity contribution in [3.8, 4) is 5.75 Å². The summed E-state index contributed by atoms with van der Waals surface area (Å²) in [4.78, 5) is 39.7. The maximum absolute atomic E-state index is 13.6. The van der Waals surface area contributed by atoms with Gasteiger partial charge in [-0.15, -0.1) is 0 Å². The first-order valence-electron chi connectivity index (χ1n) is 11.4. The number of thiocarbonyl (C=S) groups is 1. The Morgan fingerprint density at radius 2 is 2.00 bits per heavy atom. The van der Waals surface area contributed by atoms with Gasteiger partial charge in [-0.1, -0.05) is 12.7 Å². The quantitative estimate of drug-likeness (QED) is 0.140. The van der Waals surface area contributed by atoms with Gasteiger partial charge in [-0.3, -0.25) is 14.4 Å². The van der Waals surface area contributed by atoms with Crippen molar-refractivity contribution in [1.29, 1.82) is 0 Å². The Hall–Kier alpha value is -3.90. The van der Waals surface area contributed by atoms with E-state index in [2.05, 4.69) is 11.9 Å². The van der Waals surface area contributed by atoms with Gasteiger partial charge in [0.15, 0.2) is 17.1 Å². The number of hydrogen-bond acceptors (Lipinski definition) is 10. The van der Waals surface area contributed by atoms with Crippen molar-refractivity contribution in [2.45, 2.75) is 24.9 Å². The summed E-state index contributed by atoms with van der Waals surface area (Å²) >= 11 is 5.13. The molecule has 12 heteroatoms. The third-order valence-electron chi connectivity index (χ3n) is 7.09. The van der Waals surface area contributed by atoms with Gasteiger partial charge in [-0.25, -0.2) is 0 Å². The lowest BCUT2D eigenvalue weighted by atomic mass is 9.59. The van der Waals surface area contributed by atoms with Crippen molar-refractivity contribution < 1.29 is 39.5 Å². The van der Waals surface area contributed by atoms with E-state index < -0.39 is 57.8 Å². The van der Waals surface area contributed by atoms with Crippen LogP contribution in [0, 0.1) is 11.8 Å². The van der Waals surface area contributed by atoms with E-state index >= 15 is 0 Å². The number of nitrogens with one attached hydrogen (secondary N) is 1. The first kappa shape index (κ1) is 26.2. The highest BCUT2D eigenvalue weighted by atomic mass is 32.1. The van der Waals surface area contributed by atoms with Crippen molar-refractivity contribution in [2.75, 3.05) is 30.9 Å². The van der Waals surface area contributed by atoms with Gasteiger partial charge in [0.2, 0.25) is 5.78 Å². The van der Waals surface area contributed by atoms with Crippen LogP contribution in [0.15, 0.2) is 35.6 Å². The molecular weight excluding hydrogens is 502 g/mol. The standard InChI is InChI=1S/C25H27N3O8S/c1-4-5-36-24(37)27-13-9-14(28(2)3)12-7-10-6-11-8-15(29)18(23(26)34)22(33)25(11,35)21(32)16(10)20(31)17(12)19(13)30/h4,9-11,30-31,33,35H,1,5-8H2,2-3H3,(H2,26,34)(H,27,37)/t10-,11+,25+/m1/s1. The first-order chi connectivity index (χ1) is 17.3. The van der Waals surface area contributed by atoms with Crippen LogP contribution in [-0.4, -0.2) is 69.4 Å². The number of ether oxygens (including phenoxy) is 1. The number of primary amides is 1. The number of ketones is 2. The summed E-state index contributed by atoms with van der Waals surface area (Å²) < 4.78 is 5.26.